The molecule has 7 nitrogen and oxygen atoms in total. The van der Waals surface area contributed by atoms with E-state index < -0.39 is 51.0 Å². The molecule has 0 unspecified atom stereocenters. The highest BCUT2D eigenvalue weighted by Gasteiger charge is 2.48. The molecule has 0 radical (unpaired) electrons. The number of nitrogens with zero attached hydrogens (tertiary/aromatic N) is 1. The lowest BCUT2D eigenvalue weighted by Gasteiger charge is -2.28. The first-order valence-corrected chi connectivity index (χ1v) is 11.8. The summed E-state index contributed by atoms with van der Waals surface area (Å²) in [6.45, 7) is 0. The molecule has 0 heterocycles. The van der Waals surface area contributed by atoms with Crippen molar-refractivity contribution in [2.45, 2.75) is 42.4 Å². The molecule has 176 valence electrons. The Morgan fingerprint density at radius 3 is 2.24 bits per heavy atom. The minimum Gasteiger partial charge on any atom is -0.508 e. The van der Waals surface area contributed by atoms with Crippen molar-refractivity contribution >= 4 is 15.7 Å². The number of nitrogens with one attached hydrogen (secondary N) is 2. The van der Waals surface area contributed by atoms with Gasteiger partial charge < -0.3 is 10.4 Å². The monoisotopic (exact) mass is 481 g/mol. The zero-order valence-electron chi connectivity index (χ0n) is 17.3. The number of sulfone groups is 1. The van der Waals surface area contributed by atoms with Crippen LogP contribution in [0.25, 0.3) is 0 Å². The molecule has 33 heavy (non-hydrogen) atoms. The van der Waals surface area contributed by atoms with Crippen LogP contribution < -0.4 is 10.6 Å². The summed E-state index contributed by atoms with van der Waals surface area (Å²) >= 11 is 0. The highest BCUT2D eigenvalue weighted by Crippen LogP contribution is 2.36. The van der Waals surface area contributed by atoms with Crippen LogP contribution >= 0.6 is 0 Å². The van der Waals surface area contributed by atoms with E-state index in [1.54, 1.807) is 30.3 Å². The highest BCUT2D eigenvalue weighted by atomic mass is 32.2. The second-order valence-corrected chi connectivity index (χ2v) is 10.1. The van der Waals surface area contributed by atoms with Crippen molar-refractivity contribution in [2.24, 2.45) is 0 Å². The Kier molecular flexibility index (Phi) is 7.00. The third kappa shape index (κ3) is 6.69. The number of nitriles is 1. The summed E-state index contributed by atoms with van der Waals surface area (Å²) in [7, 11) is -4.01. The van der Waals surface area contributed by atoms with Crippen molar-refractivity contribution in [3.63, 3.8) is 0 Å². The summed E-state index contributed by atoms with van der Waals surface area (Å²) in [6.07, 6.45) is -4.20. The molecule has 1 aliphatic carbocycles. The quantitative estimate of drug-likeness (QED) is 0.507. The van der Waals surface area contributed by atoms with Crippen LogP contribution in [-0.2, 0) is 20.4 Å². The second-order valence-electron chi connectivity index (χ2n) is 8.01. The number of halogens is 3. The van der Waals surface area contributed by atoms with Gasteiger partial charge in [0.2, 0.25) is 5.91 Å². The lowest BCUT2D eigenvalue weighted by molar-refractivity contribution is -0.160. The fourth-order valence-electron chi connectivity index (χ4n) is 3.30. The second kappa shape index (κ2) is 9.41. The van der Waals surface area contributed by atoms with Crippen molar-refractivity contribution < 1.29 is 31.5 Å². The molecule has 2 aromatic carbocycles. The van der Waals surface area contributed by atoms with Crippen LogP contribution in [0, 0.1) is 11.3 Å². The van der Waals surface area contributed by atoms with Gasteiger partial charge >= 0.3 is 6.18 Å². The maximum atomic E-state index is 13.9. The van der Waals surface area contributed by atoms with Gasteiger partial charge in [-0.25, -0.2) is 8.42 Å². The molecule has 1 fully saturated rings. The fraction of sp³-hybridized carbons (Fsp3) is 0.364. The van der Waals surface area contributed by atoms with Crippen LogP contribution in [0.3, 0.4) is 0 Å². The summed E-state index contributed by atoms with van der Waals surface area (Å²) in [5, 5.41) is 23.1. The Hall–Kier alpha value is -3.10. The summed E-state index contributed by atoms with van der Waals surface area (Å²) in [5.41, 5.74) is -1.06. The minimum atomic E-state index is -4.87. The molecule has 0 aromatic heterocycles. The predicted octanol–water partition coefficient (Wildman–Crippen LogP) is 2.74. The van der Waals surface area contributed by atoms with Crippen molar-refractivity contribution in [1.82, 2.24) is 10.6 Å². The Morgan fingerprint density at radius 2 is 1.73 bits per heavy atom. The maximum Gasteiger partial charge on any atom is 0.407 e. The van der Waals surface area contributed by atoms with E-state index in [0.29, 0.717) is 18.4 Å². The van der Waals surface area contributed by atoms with Gasteiger partial charge in [-0.1, -0.05) is 42.5 Å². The van der Waals surface area contributed by atoms with Crippen LogP contribution in [0.15, 0.2) is 54.6 Å². The lowest BCUT2D eigenvalue weighted by atomic mass is 10.0. The van der Waals surface area contributed by atoms with Gasteiger partial charge in [-0.05, 0) is 36.1 Å². The molecule has 0 bridgehead atoms. The summed E-state index contributed by atoms with van der Waals surface area (Å²) in [5.74, 6) is -2.61. The van der Waals surface area contributed by atoms with E-state index in [2.05, 4.69) is 10.6 Å². The van der Waals surface area contributed by atoms with Crippen LogP contribution in [0.5, 0.6) is 5.75 Å². The summed E-state index contributed by atoms with van der Waals surface area (Å²) < 4.78 is 67.2. The number of phenolic OH excluding ortho intramolecular Hbond substituents is 1. The normalized spacial score (nSPS) is 16.9. The van der Waals surface area contributed by atoms with Gasteiger partial charge in [-0.15, -0.1) is 0 Å². The number of benzene rings is 2. The van der Waals surface area contributed by atoms with Crippen LogP contribution in [0.1, 0.15) is 30.0 Å². The predicted molar refractivity (Wildman–Crippen MR) is 113 cm³/mol. The van der Waals surface area contributed by atoms with Gasteiger partial charge in [0.1, 0.15) is 23.4 Å². The number of amides is 1. The van der Waals surface area contributed by atoms with Gasteiger partial charge in [0.05, 0.1) is 17.6 Å². The molecular weight excluding hydrogens is 459 g/mol. The topological polar surface area (TPSA) is 119 Å². The first-order valence-electron chi connectivity index (χ1n) is 10.0. The zero-order chi connectivity index (χ0) is 24.3. The van der Waals surface area contributed by atoms with E-state index in [4.69, 9.17) is 0 Å². The van der Waals surface area contributed by atoms with E-state index in [-0.39, 0.29) is 11.3 Å². The molecule has 0 spiro atoms. The number of hydrogen-bond acceptors (Lipinski definition) is 6. The van der Waals surface area contributed by atoms with Gasteiger partial charge in [0.25, 0.3) is 0 Å². The number of carbonyl (C=O) groups is 1. The Balaban J connectivity index is 1.89. The van der Waals surface area contributed by atoms with E-state index in [1.807, 2.05) is 6.07 Å². The molecule has 1 aliphatic rings. The van der Waals surface area contributed by atoms with Crippen molar-refractivity contribution in [1.29, 1.82) is 5.26 Å². The summed E-state index contributed by atoms with van der Waals surface area (Å²) in [4.78, 5) is 12.8. The third-order valence-corrected chi connectivity index (χ3v) is 6.83. The zero-order valence-corrected chi connectivity index (χ0v) is 18.2. The molecule has 1 amide bonds. The minimum absolute atomic E-state index is 0.246. The number of alkyl halides is 3. The number of phenols is 1. The number of carbonyl (C=O) groups excluding carboxylic acids is 1. The SMILES string of the molecule is N#CC1(NC(=O)[C@H](CS(=O)(=O)Cc2ccccc2)N[C@@H](c2ccc(O)cc2)C(F)(F)F)CC1. The Morgan fingerprint density at radius 1 is 1.12 bits per heavy atom. The smallest absolute Gasteiger partial charge is 0.407 e. The van der Waals surface area contributed by atoms with Gasteiger partial charge in [-0.3, -0.25) is 10.1 Å². The Labute approximate surface area is 189 Å². The van der Waals surface area contributed by atoms with Gasteiger partial charge in [-0.2, -0.15) is 18.4 Å². The van der Waals surface area contributed by atoms with E-state index in [1.165, 1.54) is 0 Å². The average Bonchev–Trinajstić information content (AvgIpc) is 3.51. The van der Waals surface area contributed by atoms with E-state index in [0.717, 1.165) is 24.3 Å². The number of hydrogen-bond donors (Lipinski definition) is 3. The molecule has 3 rings (SSSR count). The van der Waals surface area contributed by atoms with E-state index >= 15 is 0 Å². The van der Waals surface area contributed by atoms with Crippen molar-refractivity contribution in [2.75, 3.05) is 5.75 Å². The first-order chi connectivity index (χ1) is 15.4. The third-order valence-electron chi connectivity index (χ3n) is 5.21. The number of rotatable bonds is 9. The van der Waals surface area contributed by atoms with Crippen molar-refractivity contribution in [3.8, 4) is 11.8 Å². The van der Waals surface area contributed by atoms with Gasteiger partial charge in [0, 0.05) is 0 Å². The molecule has 0 aliphatic heterocycles. The lowest BCUT2D eigenvalue weighted by Crippen LogP contribution is -2.54. The van der Waals surface area contributed by atoms with E-state index in [9.17, 15) is 36.8 Å². The van der Waals surface area contributed by atoms with Gasteiger partial charge in [0.15, 0.2) is 9.84 Å². The molecule has 3 N–H and O–H groups in total. The fourth-order valence-corrected chi connectivity index (χ4v) is 4.87. The Bertz CT molecular complexity index is 1130. The molecule has 2 aromatic rings. The van der Waals surface area contributed by atoms with Crippen LogP contribution in [-0.4, -0.2) is 42.9 Å². The molecule has 0 saturated heterocycles. The molecular formula is C22H22F3N3O4S. The van der Waals surface area contributed by atoms with Crippen LogP contribution in [0.4, 0.5) is 13.2 Å². The molecule has 11 heteroatoms. The highest BCUT2D eigenvalue weighted by molar-refractivity contribution is 7.90. The number of aromatic hydroxyl groups is 1. The first kappa shape index (κ1) is 24.5. The largest absolute Gasteiger partial charge is 0.508 e. The van der Waals surface area contributed by atoms with Crippen molar-refractivity contribution in [3.05, 3.63) is 65.7 Å². The summed E-state index contributed by atoms with van der Waals surface area (Å²) in [6, 6.07) is 10.0. The molecule has 2 atom stereocenters. The maximum absolute atomic E-state index is 13.9. The average molecular weight is 481 g/mol. The van der Waals surface area contributed by atoms with Crippen LogP contribution in [0.2, 0.25) is 0 Å². The molecule has 1 saturated carbocycles. The standard InChI is InChI=1S/C22H22F3N3O4S/c23-22(24,25)19(16-6-8-17(29)9-7-16)27-18(20(30)28-21(14-26)10-11-21)13-33(31,32)12-15-4-2-1-3-5-15/h1-9,18-19,27,29H,10-13H2,(H,28,30)/t18-,19-/m0/s1.